The average molecular weight is 246 g/mol. The number of sulfone groups is 1. The Hall–Kier alpha value is -0.350. The second-order valence-corrected chi connectivity index (χ2v) is 6.86. The van der Waals surface area contributed by atoms with Crippen LogP contribution >= 0.6 is 0 Å². The van der Waals surface area contributed by atoms with Gasteiger partial charge >= 0.3 is 0 Å². The molecular formula is C12H22O3S. The van der Waals surface area contributed by atoms with Gasteiger partial charge in [0.2, 0.25) is 0 Å². The quantitative estimate of drug-likeness (QED) is 0.676. The van der Waals surface area contributed by atoms with Gasteiger partial charge in [0.25, 0.3) is 0 Å². The Labute approximate surface area is 98.8 Å². The molecule has 0 amide bonds. The van der Waals surface area contributed by atoms with Crippen LogP contribution in [-0.4, -0.2) is 32.6 Å². The molecular weight excluding hydrogens is 224 g/mol. The van der Waals surface area contributed by atoms with Crippen LogP contribution in [0, 0.1) is 0 Å². The topological polar surface area (TPSA) is 43.4 Å². The van der Waals surface area contributed by atoms with Crippen LogP contribution in [0.25, 0.3) is 0 Å². The maximum absolute atomic E-state index is 11.6. The summed E-state index contributed by atoms with van der Waals surface area (Å²) < 4.78 is 28.7. The van der Waals surface area contributed by atoms with E-state index in [1.807, 2.05) is 0 Å². The highest BCUT2D eigenvalue weighted by Gasteiger charge is 2.16. The van der Waals surface area contributed by atoms with Crippen molar-refractivity contribution in [2.24, 2.45) is 0 Å². The molecule has 0 aromatic carbocycles. The molecule has 1 atom stereocenters. The van der Waals surface area contributed by atoms with Gasteiger partial charge in [-0.25, -0.2) is 8.42 Å². The Bertz CT molecular complexity index is 313. The van der Waals surface area contributed by atoms with Gasteiger partial charge in [-0.2, -0.15) is 0 Å². The fourth-order valence-corrected chi connectivity index (χ4v) is 3.52. The molecule has 16 heavy (non-hydrogen) atoms. The molecule has 0 aromatic rings. The van der Waals surface area contributed by atoms with Gasteiger partial charge in [0.1, 0.15) is 0 Å². The normalized spacial score (nSPS) is 21.9. The summed E-state index contributed by atoms with van der Waals surface area (Å²) in [7, 11) is -2.94. The van der Waals surface area contributed by atoms with E-state index in [4.69, 9.17) is 4.74 Å². The van der Waals surface area contributed by atoms with Crippen molar-refractivity contribution in [2.75, 3.05) is 18.1 Å². The summed E-state index contributed by atoms with van der Waals surface area (Å²) in [5, 5.41) is 0. The molecule has 1 aliphatic heterocycles. The number of hydrogen-bond donors (Lipinski definition) is 0. The molecule has 4 heteroatoms. The minimum absolute atomic E-state index is 0.124. The minimum Gasteiger partial charge on any atom is -0.378 e. The summed E-state index contributed by atoms with van der Waals surface area (Å²) in [4.78, 5) is 0. The molecule has 0 bridgehead atoms. The Kier molecular flexibility index (Phi) is 5.49. The lowest BCUT2D eigenvalue weighted by Crippen LogP contribution is -2.20. The average Bonchev–Trinajstić information content (AvgIpc) is 2.16. The van der Waals surface area contributed by atoms with Crippen molar-refractivity contribution in [3.05, 3.63) is 12.2 Å². The molecule has 0 spiro atoms. The molecule has 1 fully saturated rings. The van der Waals surface area contributed by atoms with Crippen molar-refractivity contribution >= 4 is 9.84 Å². The highest BCUT2D eigenvalue weighted by Crippen LogP contribution is 2.17. The van der Waals surface area contributed by atoms with E-state index in [-0.39, 0.29) is 17.6 Å². The molecule has 0 aromatic heterocycles. The molecule has 3 nitrogen and oxygen atoms in total. The molecule has 1 rings (SSSR count). The Morgan fingerprint density at radius 1 is 1.44 bits per heavy atom. The van der Waals surface area contributed by atoms with Gasteiger partial charge in [-0.15, -0.1) is 0 Å². The van der Waals surface area contributed by atoms with Crippen molar-refractivity contribution < 1.29 is 13.2 Å². The summed E-state index contributed by atoms with van der Waals surface area (Å²) in [6.07, 6.45) is 5.30. The fraction of sp³-hybridized carbons (Fsp3) is 0.833. The van der Waals surface area contributed by atoms with Crippen LogP contribution in [0.15, 0.2) is 12.2 Å². The Morgan fingerprint density at radius 2 is 2.19 bits per heavy atom. The van der Waals surface area contributed by atoms with Crippen molar-refractivity contribution in [2.45, 2.75) is 45.1 Å². The molecule has 1 aliphatic rings. The highest BCUT2D eigenvalue weighted by atomic mass is 32.2. The molecule has 0 aliphatic carbocycles. The van der Waals surface area contributed by atoms with E-state index in [2.05, 4.69) is 6.58 Å². The smallest absolute Gasteiger partial charge is 0.154 e. The van der Waals surface area contributed by atoms with Gasteiger partial charge in [-0.1, -0.05) is 12.2 Å². The van der Waals surface area contributed by atoms with Crippen LogP contribution in [0.4, 0.5) is 0 Å². The molecule has 1 saturated heterocycles. The predicted octanol–water partition coefficient (Wildman–Crippen LogP) is 2.33. The van der Waals surface area contributed by atoms with E-state index in [9.17, 15) is 8.42 Å². The third kappa shape index (κ3) is 5.66. The van der Waals surface area contributed by atoms with E-state index >= 15 is 0 Å². The van der Waals surface area contributed by atoms with E-state index in [0.29, 0.717) is 12.0 Å². The van der Waals surface area contributed by atoms with Gasteiger partial charge in [0.15, 0.2) is 9.84 Å². The largest absolute Gasteiger partial charge is 0.378 e. The van der Waals surface area contributed by atoms with Crippen molar-refractivity contribution in [3.8, 4) is 0 Å². The summed E-state index contributed by atoms with van der Waals surface area (Å²) >= 11 is 0. The van der Waals surface area contributed by atoms with Gasteiger partial charge in [0, 0.05) is 6.61 Å². The molecule has 0 saturated carbocycles. The summed E-state index contributed by atoms with van der Waals surface area (Å²) in [5.41, 5.74) is 0.717. The zero-order valence-electron chi connectivity index (χ0n) is 10.1. The molecule has 0 N–H and O–H groups in total. The van der Waals surface area contributed by atoms with Gasteiger partial charge in [0.05, 0.1) is 17.6 Å². The van der Waals surface area contributed by atoms with Crippen LogP contribution in [0.5, 0.6) is 0 Å². The Balaban J connectivity index is 2.21. The zero-order chi connectivity index (χ0) is 12.0. The Morgan fingerprint density at radius 3 is 2.75 bits per heavy atom. The van der Waals surface area contributed by atoms with Gasteiger partial charge < -0.3 is 4.74 Å². The highest BCUT2D eigenvalue weighted by molar-refractivity contribution is 7.91. The molecule has 94 valence electrons. The van der Waals surface area contributed by atoms with Crippen molar-refractivity contribution in [1.29, 1.82) is 0 Å². The van der Waals surface area contributed by atoms with Crippen LogP contribution in [0.2, 0.25) is 0 Å². The van der Waals surface area contributed by atoms with E-state index in [0.717, 1.165) is 25.9 Å². The monoisotopic (exact) mass is 246 g/mol. The first-order valence-electron chi connectivity index (χ1n) is 5.96. The van der Waals surface area contributed by atoms with Crippen LogP contribution in [0.3, 0.4) is 0 Å². The van der Waals surface area contributed by atoms with E-state index < -0.39 is 9.84 Å². The first-order chi connectivity index (χ1) is 7.49. The second-order valence-electron chi connectivity index (χ2n) is 4.68. The molecule has 1 unspecified atom stereocenters. The second kappa shape index (κ2) is 6.40. The van der Waals surface area contributed by atoms with Crippen LogP contribution in [-0.2, 0) is 14.6 Å². The maximum atomic E-state index is 11.6. The lowest BCUT2D eigenvalue weighted by Gasteiger charge is -2.22. The van der Waals surface area contributed by atoms with Crippen LogP contribution in [0.1, 0.15) is 39.0 Å². The number of ether oxygens (including phenoxy) is 1. The summed E-state index contributed by atoms with van der Waals surface area (Å²) in [5.74, 6) is 0.387. The first kappa shape index (κ1) is 13.7. The fourth-order valence-electron chi connectivity index (χ4n) is 2.01. The first-order valence-corrected chi connectivity index (χ1v) is 7.78. The maximum Gasteiger partial charge on any atom is 0.154 e. The molecule has 1 heterocycles. The predicted molar refractivity (Wildman–Crippen MR) is 66.3 cm³/mol. The minimum atomic E-state index is -2.94. The van der Waals surface area contributed by atoms with Crippen molar-refractivity contribution in [3.63, 3.8) is 0 Å². The third-order valence-corrected chi connectivity index (χ3v) is 4.57. The summed E-state index contributed by atoms with van der Waals surface area (Å²) in [6.45, 7) is 6.22. The third-order valence-electron chi connectivity index (χ3n) is 2.72. The number of hydrogen-bond acceptors (Lipinski definition) is 3. The summed E-state index contributed by atoms with van der Waals surface area (Å²) in [6, 6.07) is 0. The SMILES string of the molecule is C=C(C)CS(=O)(=O)CCCC1CCCCO1. The van der Waals surface area contributed by atoms with E-state index in [1.54, 1.807) is 6.92 Å². The van der Waals surface area contributed by atoms with Gasteiger partial charge in [-0.05, 0) is 39.0 Å². The zero-order valence-corrected chi connectivity index (χ0v) is 10.9. The van der Waals surface area contributed by atoms with Gasteiger partial charge in [-0.3, -0.25) is 0 Å². The van der Waals surface area contributed by atoms with Crippen molar-refractivity contribution in [1.82, 2.24) is 0 Å². The van der Waals surface area contributed by atoms with Crippen LogP contribution < -0.4 is 0 Å². The lowest BCUT2D eigenvalue weighted by molar-refractivity contribution is 0.0110. The number of rotatable bonds is 6. The van der Waals surface area contributed by atoms with E-state index in [1.165, 1.54) is 6.42 Å². The lowest BCUT2D eigenvalue weighted by atomic mass is 10.1. The standard InChI is InChI=1S/C12H22O3S/c1-11(2)10-16(13,14)9-5-7-12-6-3-4-8-15-12/h12H,1,3-10H2,2H3. The molecule has 0 radical (unpaired) electrons.